The predicted molar refractivity (Wildman–Crippen MR) is 143 cm³/mol. The quantitative estimate of drug-likeness (QED) is 0.370. The number of piperidine rings is 1. The van der Waals surface area contributed by atoms with Gasteiger partial charge in [-0.3, -0.25) is 4.79 Å². The molecule has 2 aromatic carbocycles. The van der Waals surface area contributed by atoms with Gasteiger partial charge in [-0.05, 0) is 106 Å². The maximum absolute atomic E-state index is 15.1. The Morgan fingerprint density at radius 2 is 1.97 bits per heavy atom. The van der Waals surface area contributed by atoms with E-state index in [-0.39, 0.29) is 23.3 Å². The van der Waals surface area contributed by atoms with Crippen molar-refractivity contribution in [3.63, 3.8) is 0 Å². The molecular weight excluding hydrogens is 467 g/mol. The molecule has 190 valence electrons. The third-order valence-corrected chi connectivity index (χ3v) is 7.84. The van der Waals surface area contributed by atoms with Crippen molar-refractivity contribution in [2.24, 2.45) is 0 Å². The van der Waals surface area contributed by atoms with Crippen LogP contribution in [0.3, 0.4) is 0 Å². The van der Waals surface area contributed by atoms with Crippen LogP contribution in [0.25, 0.3) is 22.8 Å². The molecule has 0 unspecified atom stereocenters. The van der Waals surface area contributed by atoms with Crippen LogP contribution in [-0.4, -0.2) is 49.6 Å². The number of H-pyrrole nitrogens is 1. The number of aromatic amines is 1. The van der Waals surface area contributed by atoms with Gasteiger partial charge in [0.1, 0.15) is 17.5 Å². The predicted octanol–water partition coefficient (Wildman–Crippen LogP) is 5.19. The summed E-state index contributed by atoms with van der Waals surface area (Å²) in [7, 11) is 0. The van der Waals surface area contributed by atoms with Crippen molar-refractivity contribution in [3.05, 3.63) is 76.0 Å². The number of ketones is 1. The van der Waals surface area contributed by atoms with Gasteiger partial charge in [0.05, 0.1) is 28.5 Å². The number of rotatable bonds is 5. The number of nitrogens with zero attached hydrogens (tertiary/aromatic N) is 4. The molecule has 6 rings (SSSR count). The van der Waals surface area contributed by atoms with Crippen LogP contribution in [-0.2, 0) is 6.42 Å². The molecule has 0 spiro atoms. The molecule has 0 amide bonds. The topological polar surface area (TPSA) is 92.8 Å². The van der Waals surface area contributed by atoms with Crippen LogP contribution in [0.5, 0.6) is 0 Å². The molecule has 0 saturated carbocycles. The number of nitrogens with one attached hydrogen (secondary N) is 1. The van der Waals surface area contributed by atoms with E-state index < -0.39 is 0 Å². The van der Waals surface area contributed by atoms with Gasteiger partial charge in [0, 0.05) is 18.0 Å². The number of aryl methyl sites for hydroxylation is 1. The summed E-state index contributed by atoms with van der Waals surface area (Å²) in [5.74, 6) is 0.968. The van der Waals surface area contributed by atoms with E-state index in [9.17, 15) is 4.79 Å². The van der Waals surface area contributed by atoms with Crippen LogP contribution in [0.15, 0.2) is 42.1 Å². The highest BCUT2D eigenvalue weighted by molar-refractivity contribution is 6.15. The van der Waals surface area contributed by atoms with E-state index in [1.165, 1.54) is 6.20 Å². The van der Waals surface area contributed by atoms with Crippen LogP contribution >= 0.6 is 0 Å². The largest absolute Gasteiger partial charge is 0.383 e. The highest BCUT2D eigenvalue weighted by Crippen LogP contribution is 2.36. The van der Waals surface area contributed by atoms with Gasteiger partial charge in [0.2, 0.25) is 0 Å². The van der Waals surface area contributed by atoms with E-state index in [1.807, 2.05) is 37.3 Å². The van der Waals surface area contributed by atoms with Crippen LogP contribution in [0.4, 0.5) is 10.2 Å². The summed E-state index contributed by atoms with van der Waals surface area (Å²) in [6.07, 6.45) is 5.69. The second-order valence-electron chi connectivity index (χ2n) is 10.5. The van der Waals surface area contributed by atoms with E-state index in [1.54, 1.807) is 10.7 Å². The first-order valence-electron chi connectivity index (χ1n) is 12.9. The van der Waals surface area contributed by atoms with E-state index in [2.05, 4.69) is 33.8 Å². The molecule has 3 N–H and O–H groups in total. The first-order chi connectivity index (χ1) is 17.8. The van der Waals surface area contributed by atoms with E-state index in [0.717, 1.165) is 65.2 Å². The molecule has 2 aromatic heterocycles. The van der Waals surface area contributed by atoms with Gasteiger partial charge in [0.15, 0.2) is 5.78 Å². The number of aromatic nitrogens is 4. The average molecular weight is 499 g/mol. The minimum absolute atomic E-state index is 0.166. The minimum Gasteiger partial charge on any atom is -0.383 e. The van der Waals surface area contributed by atoms with Gasteiger partial charge in [-0.2, -0.15) is 5.10 Å². The maximum atomic E-state index is 15.1. The molecule has 4 aromatic rings. The molecule has 0 bridgehead atoms. The molecule has 0 atom stereocenters. The molecule has 1 aliphatic heterocycles. The van der Waals surface area contributed by atoms with E-state index in [4.69, 9.17) is 5.73 Å². The number of Topliss-reactive ketones (excluding diaryl/α,β-unsaturated/α-hetero) is 1. The number of fused-ring (bicyclic) bond motifs is 2. The minimum atomic E-state index is -0.175. The fraction of sp³-hybridized carbons (Fsp3) is 0.345. The summed E-state index contributed by atoms with van der Waals surface area (Å²) in [6, 6.07) is 9.76. The molecule has 1 saturated heterocycles. The lowest BCUT2D eigenvalue weighted by molar-refractivity contribution is 0.103. The van der Waals surface area contributed by atoms with Crippen molar-refractivity contribution < 1.29 is 9.18 Å². The normalized spacial score (nSPS) is 16.5. The first-order valence-corrected chi connectivity index (χ1v) is 12.9. The van der Waals surface area contributed by atoms with E-state index >= 15 is 4.39 Å². The van der Waals surface area contributed by atoms with Gasteiger partial charge in [-0.1, -0.05) is 0 Å². The summed E-state index contributed by atoms with van der Waals surface area (Å²) in [5, 5.41) is 4.39. The molecule has 0 radical (unpaired) electrons. The number of benzene rings is 2. The highest BCUT2D eigenvalue weighted by atomic mass is 19.1. The molecule has 37 heavy (non-hydrogen) atoms. The van der Waals surface area contributed by atoms with Gasteiger partial charge in [-0.25, -0.2) is 14.1 Å². The Bertz CT molecular complexity index is 1550. The number of carbonyl (C=O) groups excluding carboxylic acids is 1. The zero-order chi connectivity index (χ0) is 25.8. The second kappa shape index (κ2) is 8.95. The standard InChI is InChI=1S/C29H31FN6O/c1-16(2)35-8-6-18(7-9-35)23-12-19-10-21(11-20(19)13-25(23)30)28(37)24-15-32-36(29(24)31)22-4-5-26-27(14-22)34-17(3)33-26/h4-5,10,12-16,18H,6-9,11,31H2,1-3H3,(H,33,34). The Morgan fingerprint density at radius 3 is 2.73 bits per heavy atom. The SMILES string of the molecule is Cc1nc2ccc(-n3ncc(C(=O)C4=Cc5cc(C6CCN(C(C)C)CC6)c(F)cc5C4)c3N)cc2[nH]1. The average Bonchev–Trinajstić information content (AvgIpc) is 3.58. The van der Waals surface area contributed by atoms with Gasteiger partial charge >= 0.3 is 0 Å². The van der Waals surface area contributed by atoms with Crippen molar-refractivity contribution in [1.29, 1.82) is 0 Å². The van der Waals surface area contributed by atoms with Crippen LogP contribution in [0, 0.1) is 12.7 Å². The number of nitrogen functional groups attached to an aromatic ring is 1. The summed E-state index contributed by atoms with van der Waals surface area (Å²) >= 11 is 0. The van der Waals surface area contributed by atoms with Crippen molar-refractivity contribution in [2.75, 3.05) is 18.8 Å². The Balaban J connectivity index is 1.24. The summed E-state index contributed by atoms with van der Waals surface area (Å²) in [6.45, 7) is 8.27. The Hall–Kier alpha value is -3.78. The lowest BCUT2D eigenvalue weighted by atomic mass is 9.87. The maximum Gasteiger partial charge on any atom is 0.194 e. The lowest BCUT2D eigenvalue weighted by Gasteiger charge is -2.35. The number of likely N-dealkylation sites (tertiary alicyclic amines) is 1. The zero-order valence-electron chi connectivity index (χ0n) is 21.4. The number of hydrogen-bond acceptors (Lipinski definition) is 5. The van der Waals surface area contributed by atoms with Crippen molar-refractivity contribution in [1.82, 2.24) is 24.6 Å². The number of imidazole rings is 1. The molecule has 8 heteroatoms. The monoisotopic (exact) mass is 498 g/mol. The fourth-order valence-electron chi connectivity index (χ4n) is 5.73. The molecule has 7 nitrogen and oxygen atoms in total. The Morgan fingerprint density at radius 1 is 1.19 bits per heavy atom. The van der Waals surface area contributed by atoms with Crippen molar-refractivity contribution in [3.8, 4) is 5.69 Å². The van der Waals surface area contributed by atoms with Gasteiger partial charge in [0.25, 0.3) is 0 Å². The van der Waals surface area contributed by atoms with Crippen molar-refractivity contribution >= 4 is 28.7 Å². The number of allylic oxidation sites excluding steroid dienone is 1. The number of halogens is 1. The van der Waals surface area contributed by atoms with Crippen LogP contribution < -0.4 is 5.73 Å². The number of nitrogens with two attached hydrogens (primary N) is 1. The molecule has 1 fully saturated rings. The van der Waals surface area contributed by atoms with Gasteiger partial charge in [-0.15, -0.1) is 0 Å². The van der Waals surface area contributed by atoms with Crippen LogP contribution in [0.2, 0.25) is 0 Å². The van der Waals surface area contributed by atoms with Crippen molar-refractivity contribution in [2.45, 2.75) is 52.0 Å². The third-order valence-electron chi connectivity index (χ3n) is 7.84. The molecule has 1 aliphatic carbocycles. The summed E-state index contributed by atoms with van der Waals surface area (Å²) < 4.78 is 16.7. The fourth-order valence-corrected chi connectivity index (χ4v) is 5.73. The first kappa shape index (κ1) is 23.6. The Labute approximate surface area is 215 Å². The zero-order valence-corrected chi connectivity index (χ0v) is 21.4. The smallest absolute Gasteiger partial charge is 0.194 e. The highest BCUT2D eigenvalue weighted by Gasteiger charge is 2.28. The third kappa shape index (κ3) is 4.15. The van der Waals surface area contributed by atoms with Crippen LogP contribution in [0.1, 0.15) is 65.5 Å². The lowest BCUT2D eigenvalue weighted by Crippen LogP contribution is -2.38. The van der Waals surface area contributed by atoms with E-state index in [0.29, 0.717) is 23.6 Å². The summed E-state index contributed by atoms with van der Waals surface area (Å²) in [5.41, 5.74) is 12.4. The Kier molecular flexibility index (Phi) is 5.71. The number of carbonyl (C=O) groups is 1. The van der Waals surface area contributed by atoms with Gasteiger partial charge < -0.3 is 15.6 Å². The molecule has 3 heterocycles. The molecule has 2 aliphatic rings. The molecular formula is C29H31FN6O. The number of anilines is 1. The second-order valence-corrected chi connectivity index (χ2v) is 10.5. The number of hydrogen-bond donors (Lipinski definition) is 2. The summed E-state index contributed by atoms with van der Waals surface area (Å²) in [4.78, 5) is 23.5.